The number of rotatable bonds is 6. The summed E-state index contributed by atoms with van der Waals surface area (Å²) in [5.41, 5.74) is 1.57. The van der Waals surface area contributed by atoms with Gasteiger partial charge in [-0.15, -0.1) is 0 Å². The smallest absolute Gasteiger partial charge is 0.264 e. The molecule has 0 atom stereocenters. The van der Waals surface area contributed by atoms with E-state index in [0.717, 1.165) is 30.9 Å². The molecular formula is C23H21ClFN3O4S. The van der Waals surface area contributed by atoms with Crippen LogP contribution in [-0.4, -0.2) is 40.6 Å². The van der Waals surface area contributed by atoms with Crippen LogP contribution >= 0.6 is 11.6 Å². The molecule has 1 aliphatic rings. The van der Waals surface area contributed by atoms with Crippen LogP contribution in [0.3, 0.4) is 0 Å². The maximum atomic E-state index is 14.0. The van der Waals surface area contributed by atoms with E-state index in [-0.39, 0.29) is 11.4 Å². The van der Waals surface area contributed by atoms with Gasteiger partial charge in [0.1, 0.15) is 10.7 Å². The molecule has 0 radical (unpaired) electrons. The Balaban J connectivity index is 1.54. The minimum atomic E-state index is -4.23. The van der Waals surface area contributed by atoms with Gasteiger partial charge in [0.25, 0.3) is 15.9 Å². The predicted octanol–water partition coefficient (Wildman–Crippen LogP) is 4.37. The number of ether oxygens (including phenoxy) is 1. The Morgan fingerprint density at radius 2 is 1.67 bits per heavy atom. The van der Waals surface area contributed by atoms with Crippen molar-refractivity contribution in [2.75, 3.05) is 41.2 Å². The molecule has 4 rings (SSSR count). The van der Waals surface area contributed by atoms with Gasteiger partial charge in [-0.2, -0.15) is 0 Å². The van der Waals surface area contributed by atoms with Crippen LogP contribution in [0.1, 0.15) is 10.4 Å². The van der Waals surface area contributed by atoms with Gasteiger partial charge in [-0.3, -0.25) is 9.52 Å². The summed E-state index contributed by atoms with van der Waals surface area (Å²) < 4.78 is 47.1. The van der Waals surface area contributed by atoms with Crippen LogP contribution in [-0.2, 0) is 14.8 Å². The fourth-order valence-corrected chi connectivity index (χ4v) is 4.74. The third-order valence-corrected chi connectivity index (χ3v) is 6.74. The second-order valence-corrected chi connectivity index (χ2v) is 9.41. The van der Waals surface area contributed by atoms with Gasteiger partial charge < -0.3 is 15.0 Å². The van der Waals surface area contributed by atoms with Crippen molar-refractivity contribution in [2.45, 2.75) is 4.90 Å². The molecule has 7 nitrogen and oxygen atoms in total. The topological polar surface area (TPSA) is 87.7 Å². The van der Waals surface area contributed by atoms with Gasteiger partial charge in [0.05, 0.1) is 24.6 Å². The summed E-state index contributed by atoms with van der Waals surface area (Å²) >= 11 is 6.06. The molecule has 0 aromatic heterocycles. The summed E-state index contributed by atoms with van der Waals surface area (Å²) in [7, 11) is -4.23. The SMILES string of the molecule is O=C(Nc1cc(Cl)ccc1NS(=O)(=O)c1ccccc1F)c1ccc(N2CCOCC2)cc1. The van der Waals surface area contributed by atoms with Crippen molar-refractivity contribution in [1.82, 2.24) is 0 Å². The average Bonchev–Trinajstić information content (AvgIpc) is 2.81. The normalized spacial score (nSPS) is 14.1. The molecule has 2 N–H and O–H groups in total. The third-order valence-electron chi connectivity index (χ3n) is 5.11. The van der Waals surface area contributed by atoms with Gasteiger partial charge >= 0.3 is 0 Å². The van der Waals surface area contributed by atoms with E-state index in [1.165, 1.54) is 30.3 Å². The lowest BCUT2D eigenvalue weighted by molar-refractivity contribution is 0.102. The quantitative estimate of drug-likeness (QED) is 0.537. The molecule has 3 aromatic rings. The molecule has 0 bridgehead atoms. The monoisotopic (exact) mass is 489 g/mol. The van der Waals surface area contributed by atoms with Crippen molar-refractivity contribution < 1.29 is 22.3 Å². The lowest BCUT2D eigenvalue weighted by atomic mass is 10.1. The number of anilines is 3. The highest BCUT2D eigenvalue weighted by molar-refractivity contribution is 7.92. The first-order valence-corrected chi connectivity index (χ1v) is 12.0. The number of carbonyl (C=O) groups excluding carboxylic acids is 1. The molecule has 10 heteroatoms. The molecule has 1 saturated heterocycles. The molecule has 0 spiro atoms. The number of hydrogen-bond acceptors (Lipinski definition) is 5. The Morgan fingerprint density at radius 1 is 0.970 bits per heavy atom. The first-order chi connectivity index (χ1) is 15.8. The van der Waals surface area contributed by atoms with Gasteiger partial charge in [0, 0.05) is 29.4 Å². The second-order valence-electron chi connectivity index (χ2n) is 7.33. The first kappa shape index (κ1) is 23.0. The Kier molecular flexibility index (Phi) is 6.83. The number of nitrogens with zero attached hydrogens (tertiary/aromatic N) is 1. The molecule has 0 unspecified atom stereocenters. The summed E-state index contributed by atoms with van der Waals surface area (Å²) in [5, 5.41) is 2.97. The molecule has 1 heterocycles. The maximum absolute atomic E-state index is 14.0. The molecule has 1 fully saturated rings. The van der Waals surface area contributed by atoms with Crippen molar-refractivity contribution in [2.24, 2.45) is 0 Å². The van der Waals surface area contributed by atoms with E-state index in [1.807, 2.05) is 12.1 Å². The molecular weight excluding hydrogens is 469 g/mol. The van der Waals surface area contributed by atoms with Crippen molar-refractivity contribution in [1.29, 1.82) is 0 Å². The van der Waals surface area contributed by atoms with Crippen LogP contribution < -0.4 is 14.9 Å². The van der Waals surface area contributed by atoms with E-state index in [9.17, 15) is 17.6 Å². The zero-order chi connectivity index (χ0) is 23.4. The zero-order valence-corrected chi connectivity index (χ0v) is 19.0. The van der Waals surface area contributed by atoms with E-state index >= 15 is 0 Å². The van der Waals surface area contributed by atoms with Crippen LogP contribution in [0.15, 0.2) is 71.6 Å². The van der Waals surface area contributed by atoms with E-state index < -0.39 is 26.6 Å². The minimum absolute atomic E-state index is 0.0564. The van der Waals surface area contributed by atoms with Gasteiger partial charge in [0.15, 0.2) is 0 Å². The van der Waals surface area contributed by atoms with Crippen LogP contribution in [0.25, 0.3) is 0 Å². The van der Waals surface area contributed by atoms with Crippen molar-refractivity contribution in [3.63, 3.8) is 0 Å². The Bertz CT molecular complexity index is 1260. The number of hydrogen-bond donors (Lipinski definition) is 2. The number of sulfonamides is 1. The fourth-order valence-electron chi connectivity index (χ4n) is 3.41. The first-order valence-electron chi connectivity index (χ1n) is 10.1. The standard InChI is InChI=1S/C23H21ClFN3O4S/c24-17-7-10-20(27-33(30,31)22-4-2-1-3-19(22)25)21(15-17)26-23(29)16-5-8-18(9-6-16)28-11-13-32-14-12-28/h1-10,15,27H,11-14H2,(H,26,29). The number of benzene rings is 3. The Morgan fingerprint density at radius 3 is 2.36 bits per heavy atom. The van der Waals surface area contributed by atoms with Crippen molar-refractivity contribution >= 4 is 44.6 Å². The number of nitrogens with one attached hydrogen (secondary N) is 2. The van der Waals surface area contributed by atoms with E-state index in [0.29, 0.717) is 23.8 Å². The average molecular weight is 490 g/mol. The molecule has 172 valence electrons. The predicted molar refractivity (Wildman–Crippen MR) is 126 cm³/mol. The molecule has 1 amide bonds. The highest BCUT2D eigenvalue weighted by Gasteiger charge is 2.21. The zero-order valence-electron chi connectivity index (χ0n) is 17.4. The van der Waals surface area contributed by atoms with Crippen LogP contribution in [0.5, 0.6) is 0 Å². The highest BCUT2D eigenvalue weighted by atomic mass is 35.5. The number of morpholine rings is 1. The summed E-state index contributed by atoms with van der Waals surface area (Å²) in [6.07, 6.45) is 0. The van der Waals surface area contributed by atoms with Gasteiger partial charge in [-0.25, -0.2) is 12.8 Å². The van der Waals surface area contributed by atoms with E-state index in [2.05, 4.69) is 14.9 Å². The second kappa shape index (κ2) is 9.78. The summed E-state index contributed by atoms with van der Waals surface area (Å²) in [6, 6.07) is 16.4. The number of carbonyl (C=O) groups is 1. The molecule has 0 saturated carbocycles. The highest BCUT2D eigenvalue weighted by Crippen LogP contribution is 2.29. The minimum Gasteiger partial charge on any atom is -0.378 e. The summed E-state index contributed by atoms with van der Waals surface area (Å²) in [6.45, 7) is 2.87. The van der Waals surface area contributed by atoms with Crippen LogP contribution in [0, 0.1) is 5.82 Å². The lowest BCUT2D eigenvalue weighted by Gasteiger charge is -2.28. The number of amides is 1. The molecule has 0 aliphatic carbocycles. The molecule has 1 aliphatic heterocycles. The van der Waals surface area contributed by atoms with E-state index in [4.69, 9.17) is 16.3 Å². The van der Waals surface area contributed by atoms with Gasteiger partial charge in [0.2, 0.25) is 0 Å². The fraction of sp³-hybridized carbons (Fsp3) is 0.174. The third kappa shape index (κ3) is 5.44. The Labute approximate surface area is 196 Å². The number of halogens is 2. The van der Waals surface area contributed by atoms with Gasteiger partial charge in [-0.05, 0) is 54.6 Å². The maximum Gasteiger partial charge on any atom is 0.264 e. The van der Waals surface area contributed by atoms with Crippen LogP contribution in [0.2, 0.25) is 5.02 Å². The van der Waals surface area contributed by atoms with Crippen molar-refractivity contribution in [3.8, 4) is 0 Å². The van der Waals surface area contributed by atoms with Gasteiger partial charge in [-0.1, -0.05) is 23.7 Å². The van der Waals surface area contributed by atoms with Crippen molar-refractivity contribution in [3.05, 3.63) is 83.1 Å². The summed E-state index contributed by atoms with van der Waals surface area (Å²) in [5.74, 6) is -1.33. The molecule has 33 heavy (non-hydrogen) atoms. The largest absolute Gasteiger partial charge is 0.378 e. The lowest BCUT2D eigenvalue weighted by Crippen LogP contribution is -2.36. The Hall–Kier alpha value is -3.14. The molecule has 3 aromatic carbocycles. The van der Waals surface area contributed by atoms with E-state index in [1.54, 1.807) is 12.1 Å². The van der Waals surface area contributed by atoms with Crippen LogP contribution in [0.4, 0.5) is 21.5 Å². The summed E-state index contributed by atoms with van der Waals surface area (Å²) in [4.78, 5) is 14.5.